The molecular formula is C20H23N5O3. The van der Waals surface area contributed by atoms with Crippen molar-refractivity contribution in [3.8, 4) is 11.4 Å². The summed E-state index contributed by atoms with van der Waals surface area (Å²) in [4.78, 5) is 30.5. The highest BCUT2D eigenvalue weighted by Crippen LogP contribution is 2.54. The molecule has 2 N–H and O–H groups in total. The molecule has 28 heavy (non-hydrogen) atoms. The van der Waals surface area contributed by atoms with E-state index in [1.54, 1.807) is 0 Å². The summed E-state index contributed by atoms with van der Waals surface area (Å²) in [6.07, 6.45) is 3.67. The Kier molecular flexibility index (Phi) is 3.97. The molecule has 4 heterocycles. The van der Waals surface area contributed by atoms with Gasteiger partial charge in [-0.1, -0.05) is 12.1 Å². The maximum Gasteiger partial charge on any atom is 0.253 e. The van der Waals surface area contributed by atoms with Crippen molar-refractivity contribution in [3.63, 3.8) is 0 Å². The largest absolute Gasteiger partial charge is 0.369 e. The molecule has 3 aliphatic rings. The van der Waals surface area contributed by atoms with Crippen LogP contribution in [0.5, 0.6) is 0 Å². The highest BCUT2D eigenvalue weighted by Gasteiger charge is 2.63. The lowest BCUT2D eigenvalue weighted by Gasteiger charge is -2.29. The molecule has 3 saturated heterocycles. The molecule has 1 spiro atoms. The zero-order valence-electron chi connectivity index (χ0n) is 15.7. The van der Waals surface area contributed by atoms with Crippen molar-refractivity contribution < 1.29 is 14.3 Å². The molecule has 1 aromatic carbocycles. The standard InChI is InChI=1S/C20H23N5O3/c1-12(26)21-8-15-16-9-25(10-20(16)7-6-17(15)28-20)19(27)14-4-2-13(3-5-14)18-22-11-23-24-18/h2-5,11,15-17H,6-10H2,1H3,(H,21,26)(H,22,23,24)/t15-,16+,17+,20+/m0/s1. The van der Waals surface area contributed by atoms with Crippen molar-refractivity contribution in [2.24, 2.45) is 11.8 Å². The second-order valence-corrected chi connectivity index (χ2v) is 8.06. The molecule has 0 unspecified atom stereocenters. The maximum atomic E-state index is 13.1. The summed E-state index contributed by atoms with van der Waals surface area (Å²) in [5.41, 5.74) is 1.32. The Hall–Kier alpha value is -2.74. The summed E-state index contributed by atoms with van der Waals surface area (Å²) in [6, 6.07) is 7.42. The van der Waals surface area contributed by atoms with E-state index in [4.69, 9.17) is 4.74 Å². The van der Waals surface area contributed by atoms with Crippen LogP contribution in [0.4, 0.5) is 0 Å². The molecule has 8 heteroatoms. The number of benzene rings is 1. The summed E-state index contributed by atoms with van der Waals surface area (Å²) in [5.74, 6) is 1.26. The van der Waals surface area contributed by atoms with Crippen LogP contribution in [0.25, 0.3) is 11.4 Å². The van der Waals surface area contributed by atoms with Gasteiger partial charge in [0.05, 0.1) is 18.2 Å². The van der Waals surface area contributed by atoms with Crippen molar-refractivity contribution in [2.45, 2.75) is 31.5 Å². The SMILES string of the molecule is CC(=O)NC[C@H]1[C@H]2CN(C(=O)c3ccc(-c4ncn[nH]4)cc3)C[C@]23CC[C@H]1O3. The Bertz CT molecular complexity index is 897. The number of fused-ring (bicyclic) bond motifs is 1. The van der Waals surface area contributed by atoms with E-state index in [1.807, 2.05) is 29.2 Å². The van der Waals surface area contributed by atoms with Crippen LogP contribution in [-0.4, -0.2) is 63.2 Å². The molecule has 3 fully saturated rings. The van der Waals surface area contributed by atoms with Gasteiger partial charge >= 0.3 is 0 Å². The van der Waals surface area contributed by atoms with Crippen LogP contribution in [0, 0.1) is 11.8 Å². The number of ether oxygens (including phenoxy) is 1. The smallest absolute Gasteiger partial charge is 0.253 e. The summed E-state index contributed by atoms with van der Waals surface area (Å²) in [7, 11) is 0. The topological polar surface area (TPSA) is 100 Å². The number of hydrogen-bond acceptors (Lipinski definition) is 5. The highest BCUT2D eigenvalue weighted by atomic mass is 16.5. The van der Waals surface area contributed by atoms with E-state index in [0.29, 0.717) is 31.0 Å². The zero-order chi connectivity index (χ0) is 19.3. The van der Waals surface area contributed by atoms with Gasteiger partial charge in [-0.15, -0.1) is 0 Å². The van der Waals surface area contributed by atoms with Crippen LogP contribution in [0.1, 0.15) is 30.1 Å². The first kappa shape index (κ1) is 17.4. The number of H-pyrrole nitrogens is 1. The third-order valence-electron chi connectivity index (χ3n) is 6.48. The molecule has 0 aliphatic carbocycles. The number of amides is 2. The lowest BCUT2D eigenvalue weighted by Crippen LogP contribution is -2.41. The van der Waals surface area contributed by atoms with Crippen LogP contribution in [0.3, 0.4) is 0 Å². The molecule has 2 bridgehead atoms. The molecule has 146 valence electrons. The van der Waals surface area contributed by atoms with E-state index in [1.165, 1.54) is 13.3 Å². The summed E-state index contributed by atoms with van der Waals surface area (Å²) >= 11 is 0. The summed E-state index contributed by atoms with van der Waals surface area (Å²) in [5, 5.41) is 9.62. The van der Waals surface area contributed by atoms with E-state index in [2.05, 4.69) is 20.5 Å². The lowest BCUT2D eigenvalue weighted by molar-refractivity contribution is -0.119. The number of aromatic amines is 1. The van der Waals surface area contributed by atoms with Crippen LogP contribution in [0.2, 0.25) is 0 Å². The van der Waals surface area contributed by atoms with Crippen molar-refractivity contribution in [3.05, 3.63) is 36.2 Å². The number of nitrogens with one attached hydrogen (secondary N) is 2. The van der Waals surface area contributed by atoms with Gasteiger partial charge in [0, 0.05) is 43.0 Å². The molecule has 0 saturated carbocycles. The van der Waals surface area contributed by atoms with Gasteiger partial charge in [0.15, 0.2) is 5.82 Å². The van der Waals surface area contributed by atoms with Crippen LogP contribution in [-0.2, 0) is 9.53 Å². The first-order valence-corrected chi connectivity index (χ1v) is 9.73. The fourth-order valence-corrected chi connectivity index (χ4v) is 5.18. The Morgan fingerprint density at radius 3 is 2.89 bits per heavy atom. The van der Waals surface area contributed by atoms with E-state index in [0.717, 1.165) is 18.4 Å². The fourth-order valence-electron chi connectivity index (χ4n) is 5.18. The second-order valence-electron chi connectivity index (χ2n) is 8.06. The van der Waals surface area contributed by atoms with Gasteiger partial charge in [-0.3, -0.25) is 14.7 Å². The van der Waals surface area contributed by atoms with Gasteiger partial charge in [0.25, 0.3) is 5.91 Å². The van der Waals surface area contributed by atoms with Gasteiger partial charge in [-0.25, -0.2) is 4.98 Å². The van der Waals surface area contributed by atoms with E-state index in [-0.39, 0.29) is 35.4 Å². The molecular weight excluding hydrogens is 358 g/mol. The predicted octanol–water partition coefficient (Wildman–Crippen LogP) is 1.23. The van der Waals surface area contributed by atoms with Gasteiger partial charge < -0.3 is 15.0 Å². The molecule has 5 rings (SSSR count). The van der Waals surface area contributed by atoms with Crippen molar-refractivity contribution >= 4 is 11.8 Å². The molecule has 8 nitrogen and oxygen atoms in total. The fraction of sp³-hybridized carbons (Fsp3) is 0.500. The van der Waals surface area contributed by atoms with Crippen LogP contribution < -0.4 is 5.32 Å². The number of hydrogen-bond donors (Lipinski definition) is 2. The minimum absolute atomic E-state index is 0.0189. The summed E-state index contributed by atoms with van der Waals surface area (Å²) < 4.78 is 6.35. The van der Waals surface area contributed by atoms with Crippen molar-refractivity contribution in [1.29, 1.82) is 0 Å². The second kappa shape index (κ2) is 6.41. The Labute approximate surface area is 162 Å². The Morgan fingerprint density at radius 2 is 2.18 bits per heavy atom. The Morgan fingerprint density at radius 1 is 1.36 bits per heavy atom. The maximum absolute atomic E-state index is 13.1. The van der Waals surface area contributed by atoms with Gasteiger partial charge in [0.2, 0.25) is 5.91 Å². The number of likely N-dealkylation sites (tertiary alicyclic amines) is 1. The number of aromatic nitrogens is 3. The van der Waals surface area contributed by atoms with Gasteiger partial charge in [0.1, 0.15) is 6.33 Å². The number of carbonyl (C=O) groups excluding carboxylic acids is 2. The van der Waals surface area contributed by atoms with Gasteiger partial charge in [-0.05, 0) is 25.0 Å². The quantitative estimate of drug-likeness (QED) is 0.830. The third kappa shape index (κ3) is 2.71. The van der Waals surface area contributed by atoms with E-state index < -0.39 is 0 Å². The third-order valence-corrected chi connectivity index (χ3v) is 6.48. The molecule has 0 radical (unpaired) electrons. The van der Waals surface area contributed by atoms with Crippen LogP contribution in [0.15, 0.2) is 30.6 Å². The normalized spacial score (nSPS) is 30.5. The predicted molar refractivity (Wildman–Crippen MR) is 100 cm³/mol. The number of nitrogens with zero attached hydrogens (tertiary/aromatic N) is 3. The van der Waals surface area contributed by atoms with Crippen LogP contribution >= 0.6 is 0 Å². The zero-order valence-corrected chi connectivity index (χ0v) is 15.7. The monoisotopic (exact) mass is 381 g/mol. The minimum Gasteiger partial charge on any atom is -0.369 e. The van der Waals surface area contributed by atoms with Crippen molar-refractivity contribution in [2.75, 3.05) is 19.6 Å². The van der Waals surface area contributed by atoms with Crippen molar-refractivity contribution in [1.82, 2.24) is 25.4 Å². The number of rotatable bonds is 4. The van der Waals surface area contributed by atoms with E-state index in [9.17, 15) is 9.59 Å². The lowest BCUT2D eigenvalue weighted by atomic mass is 9.73. The molecule has 4 atom stereocenters. The average molecular weight is 381 g/mol. The first-order chi connectivity index (χ1) is 13.6. The Balaban J connectivity index is 1.31. The van der Waals surface area contributed by atoms with Gasteiger partial charge in [-0.2, -0.15) is 5.10 Å². The highest BCUT2D eigenvalue weighted by molar-refractivity contribution is 5.95. The molecule has 2 aromatic rings. The average Bonchev–Trinajstić information content (AvgIpc) is 3.46. The first-order valence-electron chi connectivity index (χ1n) is 9.73. The minimum atomic E-state index is -0.233. The molecule has 1 aromatic heterocycles. The number of carbonyl (C=O) groups is 2. The molecule has 3 aliphatic heterocycles. The summed E-state index contributed by atoms with van der Waals surface area (Å²) in [6.45, 7) is 3.48. The molecule has 2 amide bonds. The van der Waals surface area contributed by atoms with E-state index >= 15 is 0 Å².